The highest BCUT2D eigenvalue weighted by atomic mass is 32.1. The van der Waals surface area contributed by atoms with Crippen molar-refractivity contribution in [2.75, 3.05) is 33.2 Å². The number of piperidine rings is 1. The molecule has 17 heavy (non-hydrogen) atoms. The molecule has 1 aliphatic rings. The molecule has 1 aromatic rings. The third-order valence-electron chi connectivity index (χ3n) is 3.35. The Morgan fingerprint density at radius 1 is 1.53 bits per heavy atom. The molecule has 0 atom stereocenters. The molecule has 0 amide bonds. The molecule has 0 saturated carbocycles. The first-order chi connectivity index (χ1) is 8.24. The topological polar surface area (TPSA) is 45.4 Å². The van der Waals surface area contributed by atoms with Crippen molar-refractivity contribution in [2.45, 2.75) is 25.4 Å². The summed E-state index contributed by atoms with van der Waals surface area (Å²) in [6.45, 7) is 5.52. The van der Waals surface area contributed by atoms with Gasteiger partial charge in [0.05, 0.1) is 11.2 Å². The van der Waals surface area contributed by atoms with Crippen LogP contribution < -0.4 is 5.73 Å². The van der Waals surface area contributed by atoms with Gasteiger partial charge in [-0.1, -0.05) is 0 Å². The molecule has 0 unspecified atom stereocenters. The predicted molar refractivity (Wildman–Crippen MR) is 72.1 cm³/mol. The van der Waals surface area contributed by atoms with Crippen molar-refractivity contribution in [1.29, 1.82) is 0 Å². The van der Waals surface area contributed by atoms with Crippen LogP contribution in [0.2, 0.25) is 0 Å². The zero-order valence-corrected chi connectivity index (χ0v) is 11.3. The zero-order valence-electron chi connectivity index (χ0n) is 10.5. The zero-order chi connectivity index (χ0) is 12.1. The maximum Gasteiger partial charge on any atom is 0.0795 e. The van der Waals surface area contributed by atoms with Gasteiger partial charge in [0.2, 0.25) is 0 Å². The van der Waals surface area contributed by atoms with Crippen LogP contribution in [0.4, 0.5) is 0 Å². The van der Waals surface area contributed by atoms with E-state index in [9.17, 15) is 0 Å². The van der Waals surface area contributed by atoms with Crippen LogP contribution in [-0.2, 0) is 6.54 Å². The first-order valence-corrected chi connectivity index (χ1v) is 7.22. The maximum atomic E-state index is 5.90. The van der Waals surface area contributed by atoms with E-state index in [0.717, 1.165) is 45.6 Å². The normalized spacial score (nSPS) is 19.0. The van der Waals surface area contributed by atoms with Crippen LogP contribution in [0.15, 0.2) is 10.9 Å². The fraction of sp³-hybridized carbons (Fsp3) is 0.750. The minimum atomic E-state index is 0.430. The Hall–Kier alpha value is -0.490. The molecule has 2 rings (SSSR count). The van der Waals surface area contributed by atoms with Crippen LogP contribution in [0.3, 0.4) is 0 Å². The van der Waals surface area contributed by atoms with Gasteiger partial charge in [-0.25, -0.2) is 4.98 Å². The molecule has 4 nitrogen and oxygen atoms in total. The number of hydrogen-bond acceptors (Lipinski definition) is 5. The molecular formula is C12H22N4S. The summed E-state index contributed by atoms with van der Waals surface area (Å²) in [6.07, 6.45) is 2.30. The molecule has 0 spiro atoms. The highest BCUT2D eigenvalue weighted by Gasteiger charge is 2.15. The van der Waals surface area contributed by atoms with Crippen molar-refractivity contribution in [2.24, 2.45) is 5.73 Å². The second kappa shape index (κ2) is 6.44. The smallest absolute Gasteiger partial charge is 0.0795 e. The van der Waals surface area contributed by atoms with Gasteiger partial charge in [-0.15, -0.1) is 11.3 Å². The lowest BCUT2D eigenvalue weighted by atomic mass is 10.1. The molecular weight excluding hydrogens is 232 g/mol. The van der Waals surface area contributed by atoms with Crippen LogP contribution in [0.1, 0.15) is 18.5 Å². The van der Waals surface area contributed by atoms with Crippen LogP contribution in [0, 0.1) is 0 Å². The van der Waals surface area contributed by atoms with Gasteiger partial charge in [0, 0.05) is 31.1 Å². The molecule has 5 heteroatoms. The second-order valence-corrected chi connectivity index (χ2v) is 5.62. The summed E-state index contributed by atoms with van der Waals surface area (Å²) >= 11 is 1.67. The van der Waals surface area contributed by atoms with E-state index in [1.54, 1.807) is 11.3 Å². The van der Waals surface area contributed by atoms with E-state index >= 15 is 0 Å². The van der Waals surface area contributed by atoms with Crippen LogP contribution in [0.25, 0.3) is 0 Å². The predicted octanol–water partition coefficient (Wildman–Crippen LogP) is 0.998. The summed E-state index contributed by atoms with van der Waals surface area (Å²) in [4.78, 5) is 9.16. The van der Waals surface area contributed by atoms with Crippen LogP contribution >= 0.6 is 11.3 Å². The fourth-order valence-electron chi connectivity index (χ4n) is 2.16. The number of nitrogens with zero attached hydrogens (tertiary/aromatic N) is 3. The van der Waals surface area contributed by atoms with Crippen molar-refractivity contribution >= 4 is 11.3 Å². The van der Waals surface area contributed by atoms with Crippen molar-refractivity contribution in [1.82, 2.24) is 14.8 Å². The SMILES string of the molecule is CN(CCN1CCC(N)CC1)Cc1cscn1. The molecule has 0 radical (unpaired) electrons. The Balaban J connectivity index is 1.64. The minimum absolute atomic E-state index is 0.430. The Morgan fingerprint density at radius 2 is 2.29 bits per heavy atom. The van der Waals surface area contributed by atoms with Crippen LogP contribution in [-0.4, -0.2) is 54.1 Å². The summed E-state index contributed by atoms with van der Waals surface area (Å²) in [5, 5.41) is 2.12. The lowest BCUT2D eigenvalue weighted by Crippen LogP contribution is -2.42. The van der Waals surface area contributed by atoms with Crippen LogP contribution in [0.5, 0.6) is 0 Å². The summed E-state index contributed by atoms with van der Waals surface area (Å²) in [5.41, 5.74) is 8.98. The fourth-order valence-corrected chi connectivity index (χ4v) is 2.71. The number of nitrogens with two attached hydrogens (primary N) is 1. The van der Waals surface area contributed by atoms with Gasteiger partial charge in [-0.3, -0.25) is 4.90 Å². The van der Waals surface area contributed by atoms with E-state index in [0.29, 0.717) is 6.04 Å². The summed E-state index contributed by atoms with van der Waals surface area (Å²) in [7, 11) is 2.16. The van der Waals surface area contributed by atoms with E-state index in [1.165, 1.54) is 5.69 Å². The van der Waals surface area contributed by atoms with Gasteiger partial charge in [-0.05, 0) is 33.0 Å². The van der Waals surface area contributed by atoms with Gasteiger partial charge in [0.25, 0.3) is 0 Å². The molecule has 1 fully saturated rings. The van der Waals surface area contributed by atoms with Gasteiger partial charge >= 0.3 is 0 Å². The van der Waals surface area contributed by atoms with E-state index in [2.05, 4.69) is 27.2 Å². The van der Waals surface area contributed by atoms with E-state index in [1.807, 2.05) is 5.51 Å². The number of likely N-dealkylation sites (tertiary alicyclic amines) is 1. The lowest BCUT2D eigenvalue weighted by molar-refractivity contribution is 0.183. The first kappa shape index (κ1) is 13.0. The summed E-state index contributed by atoms with van der Waals surface area (Å²) in [6, 6.07) is 0.430. The summed E-state index contributed by atoms with van der Waals surface area (Å²) in [5.74, 6) is 0. The highest BCUT2D eigenvalue weighted by Crippen LogP contribution is 2.08. The lowest BCUT2D eigenvalue weighted by Gasteiger charge is -2.31. The summed E-state index contributed by atoms with van der Waals surface area (Å²) < 4.78 is 0. The third-order valence-corrected chi connectivity index (χ3v) is 3.98. The minimum Gasteiger partial charge on any atom is -0.328 e. The number of likely N-dealkylation sites (N-methyl/N-ethyl adjacent to an activating group) is 1. The van der Waals surface area contributed by atoms with E-state index < -0.39 is 0 Å². The van der Waals surface area contributed by atoms with E-state index in [-0.39, 0.29) is 0 Å². The standard InChI is InChI=1S/C12H22N4S/c1-15(8-12-9-17-10-14-12)6-7-16-4-2-11(13)3-5-16/h9-11H,2-8,13H2,1H3. The largest absolute Gasteiger partial charge is 0.328 e. The average Bonchev–Trinajstić information content (AvgIpc) is 2.81. The van der Waals surface area contributed by atoms with Crippen molar-refractivity contribution in [3.05, 3.63) is 16.6 Å². The Labute approximate surface area is 107 Å². The molecule has 1 aromatic heterocycles. The molecule has 96 valence electrons. The maximum absolute atomic E-state index is 5.90. The highest BCUT2D eigenvalue weighted by molar-refractivity contribution is 7.07. The number of hydrogen-bond donors (Lipinski definition) is 1. The molecule has 1 saturated heterocycles. The van der Waals surface area contributed by atoms with Gasteiger partial charge < -0.3 is 10.6 Å². The average molecular weight is 254 g/mol. The molecule has 0 aromatic carbocycles. The number of aromatic nitrogens is 1. The van der Waals surface area contributed by atoms with Crippen molar-refractivity contribution in [3.8, 4) is 0 Å². The van der Waals surface area contributed by atoms with E-state index in [4.69, 9.17) is 5.73 Å². The quantitative estimate of drug-likeness (QED) is 0.851. The van der Waals surface area contributed by atoms with Gasteiger partial charge in [-0.2, -0.15) is 0 Å². The molecule has 2 N–H and O–H groups in total. The molecule has 2 heterocycles. The molecule has 1 aliphatic heterocycles. The van der Waals surface area contributed by atoms with Crippen molar-refractivity contribution in [3.63, 3.8) is 0 Å². The van der Waals surface area contributed by atoms with Crippen molar-refractivity contribution < 1.29 is 0 Å². The second-order valence-electron chi connectivity index (χ2n) is 4.90. The monoisotopic (exact) mass is 254 g/mol. The Bertz CT molecular complexity index is 306. The number of rotatable bonds is 5. The van der Waals surface area contributed by atoms with Gasteiger partial charge in [0.1, 0.15) is 0 Å². The number of thiazole rings is 1. The molecule has 0 aliphatic carbocycles. The Kier molecular flexibility index (Phi) is 4.91. The third kappa shape index (κ3) is 4.35. The molecule has 0 bridgehead atoms. The Morgan fingerprint density at radius 3 is 2.94 bits per heavy atom. The first-order valence-electron chi connectivity index (χ1n) is 6.27. The van der Waals surface area contributed by atoms with Gasteiger partial charge in [0.15, 0.2) is 0 Å².